The summed E-state index contributed by atoms with van der Waals surface area (Å²) in [7, 11) is 0. The number of carbonyl (C=O) groups excluding carboxylic acids is 2. The molecule has 0 atom stereocenters. The molecule has 1 fully saturated rings. The van der Waals surface area contributed by atoms with E-state index in [1.54, 1.807) is 4.90 Å². The number of carbonyl (C=O) groups is 3. The fourth-order valence-corrected chi connectivity index (χ4v) is 4.70. The molecule has 1 aliphatic carbocycles. The molecule has 3 aromatic rings. The summed E-state index contributed by atoms with van der Waals surface area (Å²) in [4.78, 5) is 37.0. The highest BCUT2D eigenvalue weighted by atomic mass is 16.5. The Hall–Kier alpha value is -4.21. The van der Waals surface area contributed by atoms with Crippen LogP contribution in [-0.2, 0) is 16.1 Å². The van der Waals surface area contributed by atoms with E-state index in [0.29, 0.717) is 19.6 Å². The molecule has 0 bridgehead atoms. The van der Waals surface area contributed by atoms with Crippen LogP contribution in [0.5, 0.6) is 0 Å². The summed E-state index contributed by atoms with van der Waals surface area (Å²) in [5.41, 5.74) is 4.84. The summed E-state index contributed by atoms with van der Waals surface area (Å²) in [6, 6.07) is 16.3. The average Bonchev–Trinajstić information content (AvgIpc) is 3.42. The highest BCUT2D eigenvalue weighted by molar-refractivity contribution is 5.92. The number of carboxylic acids is 1. The lowest BCUT2D eigenvalue weighted by molar-refractivity contribution is -0.139. The quantitative estimate of drug-likeness (QED) is 0.512. The molecule has 2 aliphatic rings. The SMILES string of the molecule is O=C(O)CC1CN(C(=O)c2cn(CCNC(=O)OCC3c4ccccc4-c4ccccc43)nn2)C1. The largest absolute Gasteiger partial charge is 0.481 e. The van der Waals surface area contributed by atoms with Crippen molar-refractivity contribution in [2.75, 3.05) is 26.2 Å². The van der Waals surface area contributed by atoms with Crippen molar-refractivity contribution < 1.29 is 24.2 Å². The molecule has 2 aromatic carbocycles. The number of benzene rings is 2. The van der Waals surface area contributed by atoms with Gasteiger partial charge in [0.25, 0.3) is 5.91 Å². The first-order chi connectivity index (χ1) is 17.0. The van der Waals surface area contributed by atoms with Crippen LogP contribution in [0.3, 0.4) is 0 Å². The van der Waals surface area contributed by atoms with Gasteiger partial charge in [0.1, 0.15) is 6.61 Å². The van der Waals surface area contributed by atoms with Gasteiger partial charge in [0, 0.05) is 31.5 Å². The predicted molar refractivity (Wildman–Crippen MR) is 125 cm³/mol. The van der Waals surface area contributed by atoms with Gasteiger partial charge >= 0.3 is 12.1 Å². The van der Waals surface area contributed by atoms with Crippen LogP contribution in [0.2, 0.25) is 0 Å². The first-order valence-electron chi connectivity index (χ1n) is 11.5. The molecule has 35 heavy (non-hydrogen) atoms. The number of rotatable bonds is 8. The lowest BCUT2D eigenvalue weighted by Gasteiger charge is -2.37. The van der Waals surface area contributed by atoms with Gasteiger partial charge in [-0.2, -0.15) is 0 Å². The molecule has 0 spiro atoms. The van der Waals surface area contributed by atoms with Crippen molar-refractivity contribution >= 4 is 18.0 Å². The fourth-order valence-electron chi connectivity index (χ4n) is 4.70. The van der Waals surface area contributed by atoms with Crippen molar-refractivity contribution in [3.8, 4) is 11.1 Å². The number of ether oxygens (including phenoxy) is 1. The van der Waals surface area contributed by atoms with Crippen LogP contribution in [0.1, 0.15) is 34.0 Å². The lowest BCUT2D eigenvalue weighted by Crippen LogP contribution is -2.50. The molecule has 180 valence electrons. The first-order valence-corrected chi connectivity index (χ1v) is 11.5. The minimum Gasteiger partial charge on any atom is -0.481 e. The standard InChI is InChI=1S/C25H25N5O5/c31-23(32)11-16-12-29(13-16)24(33)22-14-30(28-27-22)10-9-26-25(34)35-15-21-19-7-3-1-5-17(19)18-6-2-4-8-20(18)21/h1-8,14,16,21H,9-13,15H2,(H,26,34)(H,31,32). The number of hydrogen-bond acceptors (Lipinski definition) is 6. The van der Waals surface area contributed by atoms with Crippen molar-refractivity contribution in [3.05, 3.63) is 71.5 Å². The molecule has 0 radical (unpaired) electrons. The molecular weight excluding hydrogens is 450 g/mol. The Bertz CT molecular complexity index is 1220. The summed E-state index contributed by atoms with van der Waals surface area (Å²) < 4.78 is 6.99. The van der Waals surface area contributed by atoms with Crippen LogP contribution in [0.25, 0.3) is 11.1 Å². The van der Waals surface area contributed by atoms with Crippen molar-refractivity contribution in [3.63, 3.8) is 0 Å². The van der Waals surface area contributed by atoms with Crippen LogP contribution in [0.15, 0.2) is 54.7 Å². The van der Waals surface area contributed by atoms with E-state index in [1.165, 1.54) is 22.0 Å². The number of carboxylic acid groups (broad SMARTS) is 1. The summed E-state index contributed by atoms with van der Waals surface area (Å²) in [6.07, 6.45) is 1.05. The smallest absolute Gasteiger partial charge is 0.407 e. The van der Waals surface area contributed by atoms with E-state index in [2.05, 4.69) is 39.9 Å². The molecule has 10 heteroatoms. The van der Waals surface area contributed by atoms with Crippen LogP contribution in [0.4, 0.5) is 4.79 Å². The second-order valence-electron chi connectivity index (χ2n) is 8.79. The third-order valence-electron chi connectivity index (χ3n) is 6.42. The van der Waals surface area contributed by atoms with Gasteiger partial charge in [-0.1, -0.05) is 53.7 Å². The zero-order valence-corrected chi connectivity index (χ0v) is 19.0. The van der Waals surface area contributed by atoms with Crippen molar-refractivity contribution in [1.82, 2.24) is 25.2 Å². The normalized spacial score (nSPS) is 14.7. The molecule has 10 nitrogen and oxygen atoms in total. The minimum atomic E-state index is -0.864. The Kier molecular flexibility index (Phi) is 6.17. The molecule has 2 amide bonds. The van der Waals surface area contributed by atoms with E-state index in [4.69, 9.17) is 9.84 Å². The Morgan fingerprint density at radius 1 is 1.03 bits per heavy atom. The highest BCUT2D eigenvalue weighted by Gasteiger charge is 2.33. The summed E-state index contributed by atoms with van der Waals surface area (Å²) in [5.74, 6) is -1.17. The molecule has 1 aromatic heterocycles. The zero-order valence-electron chi connectivity index (χ0n) is 19.0. The molecule has 1 saturated heterocycles. The Labute approximate surface area is 201 Å². The summed E-state index contributed by atoms with van der Waals surface area (Å²) in [6.45, 7) is 1.63. The fraction of sp³-hybridized carbons (Fsp3) is 0.320. The van der Waals surface area contributed by atoms with Crippen LogP contribution in [0, 0.1) is 5.92 Å². The van der Waals surface area contributed by atoms with E-state index >= 15 is 0 Å². The first kappa shape index (κ1) is 22.6. The molecule has 2 heterocycles. The van der Waals surface area contributed by atoms with Gasteiger partial charge in [0.2, 0.25) is 0 Å². The van der Waals surface area contributed by atoms with Gasteiger partial charge in [-0.15, -0.1) is 5.10 Å². The van der Waals surface area contributed by atoms with E-state index in [0.717, 1.165) is 11.1 Å². The highest BCUT2D eigenvalue weighted by Crippen LogP contribution is 2.44. The van der Waals surface area contributed by atoms with Crippen molar-refractivity contribution in [2.24, 2.45) is 5.92 Å². The average molecular weight is 476 g/mol. The van der Waals surface area contributed by atoms with Gasteiger partial charge in [-0.3, -0.25) is 9.59 Å². The Morgan fingerprint density at radius 2 is 1.69 bits per heavy atom. The van der Waals surface area contributed by atoms with Gasteiger partial charge < -0.3 is 20.1 Å². The third-order valence-corrected chi connectivity index (χ3v) is 6.42. The number of hydrogen-bond donors (Lipinski definition) is 2. The van der Waals surface area contributed by atoms with Crippen molar-refractivity contribution in [1.29, 1.82) is 0 Å². The number of amides is 2. The Balaban J connectivity index is 1.08. The van der Waals surface area contributed by atoms with Gasteiger partial charge in [0.15, 0.2) is 5.69 Å². The minimum absolute atomic E-state index is 0.00589. The number of alkyl carbamates (subject to hydrolysis) is 1. The Morgan fingerprint density at radius 3 is 2.34 bits per heavy atom. The van der Waals surface area contributed by atoms with E-state index < -0.39 is 12.1 Å². The number of nitrogens with zero attached hydrogens (tertiary/aromatic N) is 4. The van der Waals surface area contributed by atoms with Crippen LogP contribution in [-0.4, -0.2) is 69.2 Å². The van der Waals surface area contributed by atoms with Gasteiger partial charge in [-0.05, 0) is 22.3 Å². The number of aliphatic carboxylic acids is 1. The topological polar surface area (TPSA) is 127 Å². The molecule has 1 aliphatic heterocycles. The van der Waals surface area contributed by atoms with E-state index in [-0.39, 0.29) is 43.0 Å². The molecule has 0 saturated carbocycles. The second-order valence-corrected chi connectivity index (χ2v) is 8.79. The number of likely N-dealkylation sites (tertiary alicyclic amines) is 1. The maximum Gasteiger partial charge on any atom is 0.407 e. The van der Waals surface area contributed by atoms with E-state index in [9.17, 15) is 14.4 Å². The number of nitrogens with one attached hydrogen (secondary N) is 1. The molecule has 0 unspecified atom stereocenters. The monoisotopic (exact) mass is 475 g/mol. The van der Waals surface area contributed by atoms with Crippen LogP contribution >= 0.6 is 0 Å². The zero-order chi connectivity index (χ0) is 24.4. The maximum absolute atomic E-state index is 12.4. The van der Waals surface area contributed by atoms with Gasteiger partial charge in [-0.25, -0.2) is 9.48 Å². The molecule has 5 rings (SSSR count). The van der Waals surface area contributed by atoms with E-state index in [1.807, 2.05) is 24.3 Å². The maximum atomic E-state index is 12.4. The molecular formula is C25H25N5O5. The number of aromatic nitrogens is 3. The summed E-state index contributed by atoms with van der Waals surface area (Å²) in [5, 5.41) is 19.4. The molecule has 2 N–H and O–H groups in total. The number of fused-ring (bicyclic) bond motifs is 3. The van der Waals surface area contributed by atoms with Crippen molar-refractivity contribution in [2.45, 2.75) is 18.9 Å². The van der Waals surface area contributed by atoms with Crippen LogP contribution < -0.4 is 5.32 Å². The second kappa shape index (κ2) is 9.57. The summed E-state index contributed by atoms with van der Waals surface area (Å²) >= 11 is 0. The van der Waals surface area contributed by atoms with Gasteiger partial charge in [0.05, 0.1) is 19.2 Å². The predicted octanol–water partition coefficient (Wildman–Crippen LogP) is 2.36. The lowest BCUT2D eigenvalue weighted by atomic mass is 9.96. The third kappa shape index (κ3) is 4.72.